The third-order valence-corrected chi connectivity index (χ3v) is 3.17. The van der Waals surface area contributed by atoms with Gasteiger partial charge >= 0.3 is 0 Å². The van der Waals surface area contributed by atoms with Gasteiger partial charge in [0.2, 0.25) is 5.89 Å². The molecule has 1 aromatic heterocycles. The number of hydrogen-bond acceptors (Lipinski definition) is 4. The maximum absolute atomic E-state index is 13.1. The lowest BCUT2D eigenvalue weighted by Crippen LogP contribution is -2.30. The lowest BCUT2D eigenvalue weighted by atomic mass is 10.1. The van der Waals surface area contributed by atoms with Crippen molar-refractivity contribution in [2.24, 2.45) is 0 Å². The number of nitrogens with one attached hydrogen (secondary N) is 1. The second kappa shape index (κ2) is 7.14. The summed E-state index contributed by atoms with van der Waals surface area (Å²) in [5.41, 5.74) is 0.844. The van der Waals surface area contributed by atoms with Crippen molar-refractivity contribution in [3.63, 3.8) is 0 Å². The third kappa shape index (κ3) is 4.13. The fraction of sp³-hybridized carbons (Fsp3) is 0.467. The van der Waals surface area contributed by atoms with Crippen molar-refractivity contribution < 1.29 is 8.91 Å². The van der Waals surface area contributed by atoms with E-state index in [0.717, 1.165) is 24.9 Å². The fourth-order valence-electron chi connectivity index (χ4n) is 2.13. The van der Waals surface area contributed by atoms with Crippen LogP contribution < -0.4 is 5.32 Å². The molecule has 4 nitrogen and oxygen atoms in total. The summed E-state index contributed by atoms with van der Waals surface area (Å²) in [4.78, 5) is 4.36. The van der Waals surface area contributed by atoms with E-state index >= 15 is 0 Å². The Kier molecular flexibility index (Phi) is 5.24. The van der Waals surface area contributed by atoms with Crippen LogP contribution in [0.25, 0.3) is 0 Å². The summed E-state index contributed by atoms with van der Waals surface area (Å²) in [6, 6.07) is 6.80. The molecule has 5 heteroatoms. The Balaban J connectivity index is 1.98. The van der Waals surface area contributed by atoms with E-state index in [2.05, 4.69) is 29.3 Å². The van der Waals surface area contributed by atoms with Crippen LogP contribution in [-0.2, 0) is 12.8 Å². The molecule has 1 atom stereocenters. The number of hydrogen-bond donors (Lipinski definition) is 1. The van der Waals surface area contributed by atoms with Crippen molar-refractivity contribution in [2.45, 2.75) is 39.2 Å². The van der Waals surface area contributed by atoms with E-state index in [-0.39, 0.29) is 5.82 Å². The zero-order chi connectivity index (χ0) is 14.4. The lowest BCUT2D eigenvalue weighted by Gasteiger charge is -2.12. The molecule has 0 aliphatic heterocycles. The number of nitrogens with zero attached hydrogens (tertiary/aromatic N) is 2. The van der Waals surface area contributed by atoms with Gasteiger partial charge in [0.05, 0.1) is 0 Å². The molecule has 108 valence electrons. The van der Waals surface area contributed by atoms with Gasteiger partial charge in [0.15, 0.2) is 5.82 Å². The van der Waals surface area contributed by atoms with Crippen molar-refractivity contribution in [1.82, 2.24) is 15.5 Å². The van der Waals surface area contributed by atoms with Gasteiger partial charge in [-0.1, -0.05) is 31.1 Å². The molecule has 0 saturated carbocycles. The van der Waals surface area contributed by atoms with Crippen LogP contribution >= 0.6 is 0 Å². The molecule has 0 aliphatic carbocycles. The molecule has 0 spiro atoms. The summed E-state index contributed by atoms with van der Waals surface area (Å²) in [6.07, 6.45) is 2.22. The zero-order valence-electron chi connectivity index (χ0n) is 11.9. The number of rotatable bonds is 7. The van der Waals surface area contributed by atoms with Gasteiger partial charge in [-0.15, -0.1) is 0 Å². The first-order valence-electron chi connectivity index (χ1n) is 7.00. The van der Waals surface area contributed by atoms with Gasteiger partial charge in [0, 0.05) is 18.9 Å². The molecule has 2 aromatic rings. The van der Waals surface area contributed by atoms with E-state index in [0.29, 0.717) is 24.2 Å². The first kappa shape index (κ1) is 14.7. The first-order valence-corrected chi connectivity index (χ1v) is 7.00. The second-order valence-electron chi connectivity index (χ2n) is 4.78. The minimum Gasteiger partial charge on any atom is -0.339 e. The minimum absolute atomic E-state index is 0.246. The first-order chi connectivity index (χ1) is 9.71. The van der Waals surface area contributed by atoms with Crippen LogP contribution in [0.5, 0.6) is 0 Å². The normalized spacial score (nSPS) is 12.6. The van der Waals surface area contributed by atoms with Crippen LogP contribution in [0.2, 0.25) is 0 Å². The van der Waals surface area contributed by atoms with Gasteiger partial charge < -0.3 is 9.84 Å². The lowest BCUT2D eigenvalue weighted by molar-refractivity contribution is 0.352. The molecule has 0 bridgehead atoms. The molecule has 1 heterocycles. The van der Waals surface area contributed by atoms with Gasteiger partial charge in [-0.25, -0.2) is 4.39 Å². The predicted molar refractivity (Wildman–Crippen MR) is 75.0 cm³/mol. The summed E-state index contributed by atoms with van der Waals surface area (Å²) < 4.78 is 18.4. The number of benzene rings is 1. The van der Waals surface area contributed by atoms with Gasteiger partial charge in [-0.2, -0.15) is 4.98 Å². The largest absolute Gasteiger partial charge is 0.339 e. The average molecular weight is 277 g/mol. The molecule has 1 N–H and O–H groups in total. The van der Waals surface area contributed by atoms with Crippen molar-refractivity contribution in [2.75, 3.05) is 6.54 Å². The van der Waals surface area contributed by atoms with Crippen LogP contribution in [0, 0.1) is 5.82 Å². The molecule has 0 radical (unpaired) electrons. The highest BCUT2D eigenvalue weighted by molar-refractivity contribution is 5.19. The van der Waals surface area contributed by atoms with E-state index in [9.17, 15) is 4.39 Å². The highest BCUT2D eigenvalue weighted by atomic mass is 19.1. The van der Waals surface area contributed by atoms with Crippen LogP contribution in [0.3, 0.4) is 0 Å². The average Bonchev–Trinajstić information content (AvgIpc) is 2.85. The Morgan fingerprint density at radius 2 is 2.20 bits per heavy atom. The SMILES string of the molecule is CCNC(CC)Cc1nc(Cc2cccc(F)c2)no1. The van der Waals surface area contributed by atoms with Crippen molar-refractivity contribution in [3.05, 3.63) is 47.4 Å². The summed E-state index contributed by atoms with van der Waals surface area (Å²) in [7, 11) is 0. The topological polar surface area (TPSA) is 51.0 Å². The van der Waals surface area contributed by atoms with E-state index in [1.165, 1.54) is 12.1 Å². The predicted octanol–water partition coefficient (Wildman–Crippen LogP) is 2.73. The highest BCUT2D eigenvalue weighted by Crippen LogP contribution is 2.10. The van der Waals surface area contributed by atoms with E-state index in [1.54, 1.807) is 6.07 Å². The summed E-state index contributed by atoms with van der Waals surface area (Å²) in [5, 5.41) is 7.32. The van der Waals surface area contributed by atoms with E-state index in [4.69, 9.17) is 4.52 Å². The van der Waals surface area contributed by atoms with Crippen molar-refractivity contribution in [1.29, 1.82) is 0 Å². The molecular weight excluding hydrogens is 257 g/mol. The Morgan fingerprint density at radius 1 is 1.35 bits per heavy atom. The molecule has 1 aromatic carbocycles. The molecule has 0 saturated heterocycles. The van der Waals surface area contributed by atoms with Gasteiger partial charge in [-0.3, -0.25) is 0 Å². The minimum atomic E-state index is -0.246. The van der Waals surface area contributed by atoms with Crippen LogP contribution in [0.15, 0.2) is 28.8 Å². The van der Waals surface area contributed by atoms with E-state index < -0.39 is 0 Å². The number of aromatic nitrogens is 2. The maximum atomic E-state index is 13.1. The van der Waals surface area contributed by atoms with Crippen LogP contribution in [-0.4, -0.2) is 22.7 Å². The summed E-state index contributed by atoms with van der Waals surface area (Å²) in [5.74, 6) is 0.977. The molecule has 2 rings (SSSR count). The molecule has 0 aliphatic rings. The van der Waals surface area contributed by atoms with Crippen LogP contribution in [0.4, 0.5) is 4.39 Å². The zero-order valence-corrected chi connectivity index (χ0v) is 11.9. The molecule has 20 heavy (non-hydrogen) atoms. The fourth-order valence-corrected chi connectivity index (χ4v) is 2.13. The Bertz CT molecular complexity index is 541. The van der Waals surface area contributed by atoms with E-state index in [1.807, 2.05) is 6.07 Å². The smallest absolute Gasteiger partial charge is 0.228 e. The van der Waals surface area contributed by atoms with Gasteiger partial charge in [0.25, 0.3) is 0 Å². The molecular formula is C15H20FN3O. The second-order valence-corrected chi connectivity index (χ2v) is 4.78. The molecule has 0 amide bonds. The summed E-state index contributed by atoms with van der Waals surface area (Å²) >= 11 is 0. The Hall–Kier alpha value is -1.75. The van der Waals surface area contributed by atoms with Crippen molar-refractivity contribution in [3.8, 4) is 0 Å². The standard InChI is InChI=1S/C15H20FN3O/c1-3-13(17-4-2)10-15-18-14(19-20-15)9-11-6-5-7-12(16)8-11/h5-8,13,17H,3-4,9-10H2,1-2H3. The molecule has 0 fully saturated rings. The number of halogens is 1. The highest BCUT2D eigenvalue weighted by Gasteiger charge is 2.12. The monoisotopic (exact) mass is 277 g/mol. The quantitative estimate of drug-likeness (QED) is 0.845. The molecule has 1 unspecified atom stereocenters. The summed E-state index contributed by atoms with van der Waals surface area (Å²) in [6.45, 7) is 5.12. The third-order valence-electron chi connectivity index (χ3n) is 3.17. The Morgan fingerprint density at radius 3 is 2.90 bits per heavy atom. The maximum Gasteiger partial charge on any atom is 0.228 e. The van der Waals surface area contributed by atoms with Crippen molar-refractivity contribution >= 4 is 0 Å². The van der Waals surface area contributed by atoms with Crippen LogP contribution in [0.1, 0.15) is 37.5 Å². The van der Waals surface area contributed by atoms with Gasteiger partial charge in [-0.05, 0) is 30.7 Å². The van der Waals surface area contributed by atoms with Gasteiger partial charge in [0.1, 0.15) is 5.82 Å². The number of likely N-dealkylation sites (N-methyl/N-ethyl adjacent to an activating group) is 1. The Labute approximate surface area is 118 Å².